The van der Waals surface area contributed by atoms with Crippen molar-refractivity contribution in [2.24, 2.45) is 0 Å². The average Bonchev–Trinajstić information content (AvgIpc) is 2.73. The van der Waals surface area contributed by atoms with Gasteiger partial charge in [0.2, 0.25) is 0 Å². The van der Waals surface area contributed by atoms with Gasteiger partial charge in [0.15, 0.2) is 0 Å². The summed E-state index contributed by atoms with van der Waals surface area (Å²) in [7, 11) is 0. The molecule has 0 saturated heterocycles. The summed E-state index contributed by atoms with van der Waals surface area (Å²) in [6, 6.07) is 7.88. The number of aliphatic hydroxyl groups is 1. The van der Waals surface area contributed by atoms with Crippen LogP contribution in [0.3, 0.4) is 0 Å². The van der Waals surface area contributed by atoms with Crippen LogP contribution in [0.25, 0.3) is 0 Å². The number of rotatable bonds is 4. The first-order valence-corrected chi connectivity index (χ1v) is 7.38. The number of hydrogen-bond donors (Lipinski definition) is 1. The fraction of sp³-hybridized carbons (Fsp3) is 0.286. The third-order valence-corrected chi connectivity index (χ3v) is 4.57. The Labute approximate surface area is 119 Å². The summed E-state index contributed by atoms with van der Waals surface area (Å²) >= 11 is 5.13. The summed E-state index contributed by atoms with van der Waals surface area (Å²) in [6.45, 7) is 4.27. The molecule has 18 heavy (non-hydrogen) atoms. The van der Waals surface area contributed by atoms with Crippen LogP contribution in [-0.4, -0.2) is 5.11 Å². The van der Waals surface area contributed by atoms with E-state index in [9.17, 15) is 5.11 Å². The van der Waals surface area contributed by atoms with Crippen molar-refractivity contribution in [2.75, 3.05) is 0 Å². The van der Waals surface area contributed by atoms with Crippen molar-refractivity contribution in [1.82, 2.24) is 0 Å². The lowest BCUT2D eigenvalue weighted by molar-refractivity contribution is 0.190. The topological polar surface area (TPSA) is 29.5 Å². The molecular weight excluding hydrogens is 312 g/mol. The summed E-state index contributed by atoms with van der Waals surface area (Å²) in [5.74, 6) is 0.746. The van der Waals surface area contributed by atoms with Gasteiger partial charge >= 0.3 is 0 Å². The minimum absolute atomic E-state index is 0.515. The molecule has 0 bridgehead atoms. The number of aryl methyl sites for hydroxylation is 1. The molecule has 1 aromatic heterocycles. The van der Waals surface area contributed by atoms with Gasteiger partial charge in [0.05, 0.1) is 11.0 Å². The van der Waals surface area contributed by atoms with E-state index in [1.807, 2.05) is 36.6 Å². The zero-order chi connectivity index (χ0) is 13.1. The van der Waals surface area contributed by atoms with E-state index < -0.39 is 6.10 Å². The molecule has 0 amide bonds. The molecule has 1 atom stereocenters. The number of hydrogen-bond acceptors (Lipinski definition) is 3. The third kappa shape index (κ3) is 3.13. The normalized spacial score (nSPS) is 12.4. The van der Waals surface area contributed by atoms with E-state index in [0.717, 1.165) is 26.2 Å². The Morgan fingerprint density at radius 1 is 1.39 bits per heavy atom. The molecule has 96 valence electrons. The van der Waals surface area contributed by atoms with Crippen LogP contribution < -0.4 is 4.74 Å². The van der Waals surface area contributed by atoms with Gasteiger partial charge < -0.3 is 9.84 Å². The first-order valence-electron chi connectivity index (χ1n) is 5.71. The molecule has 2 rings (SSSR count). The van der Waals surface area contributed by atoms with Gasteiger partial charge in [0, 0.05) is 10.0 Å². The van der Waals surface area contributed by atoms with Crippen molar-refractivity contribution in [1.29, 1.82) is 0 Å². The highest BCUT2D eigenvalue weighted by atomic mass is 79.9. The quantitative estimate of drug-likeness (QED) is 0.899. The Bertz CT molecular complexity index is 534. The van der Waals surface area contributed by atoms with Gasteiger partial charge in [-0.25, -0.2) is 0 Å². The molecule has 0 fully saturated rings. The maximum Gasteiger partial charge on any atom is 0.125 e. The highest BCUT2D eigenvalue weighted by Crippen LogP contribution is 2.29. The minimum atomic E-state index is -0.522. The Hall–Kier alpha value is -0.840. The van der Waals surface area contributed by atoms with Gasteiger partial charge in [0.1, 0.15) is 12.4 Å². The number of ether oxygens (including phenoxy) is 1. The molecule has 1 aromatic carbocycles. The summed E-state index contributed by atoms with van der Waals surface area (Å²) in [5.41, 5.74) is 1.96. The number of aliphatic hydroxyl groups excluding tert-OH is 1. The van der Waals surface area contributed by atoms with Crippen LogP contribution in [0.4, 0.5) is 0 Å². The molecule has 0 aliphatic rings. The van der Waals surface area contributed by atoms with Crippen molar-refractivity contribution in [2.45, 2.75) is 26.6 Å². The molecule has 0 aliphatic heterocycles. The predicted molar refractivity (Wildman–Crippen MR) is 78.2 cm³/mol. The Morgan fingerprint density at radius 3 is 2.78 bits per heavy atom. The van der Waals surface area contributed by atoms with Gasteiger partial charge in [0.25, 0.3) is 0 Å². The Morgan fingerprint density at radius 2 is 2.17 bits per heavy atom. The maximum absolute atomic E-state index is 9.75. The highest BCUT2D eigenvalue weighted by molar-refractivity contribution is 9.10. The van der Waals surface area contributed by atoms with Crippen molar-refractivity contribution >= 4 is 27.3 Å². The second-order valence-electron chi connectivity index (χ2n) is 4.20. The fourth-order valence-corrected chi connectivity index (χ4v) is 3.08. The molecule has 4 heteroatoms. The van der Waals surface area contributed by atoms with Gasteiger partial charge in [-0.1, -0.05) is 11.6 Å². The molecule has 0 radical (unpaired) electrons. The van der Waals surface area contributed by atoms with Crippen molar-refractivity contribution in [3.8, 4) is 5.75 Å². The summed E-state index contributed by atoms with van der Waals surface area (Å²) in [6.07, 6.45) is -0.522. The second-order valence-corrected chi connectivity index (χ2v) is 6.05. The maximum atomic E-state index is 9.75. The van der Waals surface area contributed by atoms with Crippen LogP contribution in [-0.2, 0) is 6.61 Å². The Kier molecular flexibility index (Phi) is 4.43. The van der Waals surface area contributed by atoms with E-state index in [-0.39, 0.29) is 0 Å². The van der Waals surface area contributed by atoms with Gasteiger partial charge in [-0.2, -0.15) is 0 Å². The van der Waals surface area contributed by atoms with Crippen LogP contribution in [0.2, 0.25) is 0 Å². The summed E-state index contributed by atoms with van der Waals surface area (Å²) in [5, 5.41) is 11.8. The monoisotopic (exact) mass is 326 g/mol. The smallest absolute Gasteiger partial charge is 0.125 e. The van der Waals surface area contributed by atoms with Crippen LogP contribution in [0, 0.1) is 6.92 Å². The largest absolute Gasteiger partial charge is 0.488 e. The lowest BCUT2D eigenvalue weighted by Crippen LogP contribution is -2.00. The molecule has 0 spiro atoms. The average molecular weight is 327 g/mol. The van der Waals surface area contributed by atoms with E-state index in [1.54, 1.807) is 18.3 Å². The number of halogens is 1. The first-order chi connectivity index (χ1) is 8.58. The van der Waals surface area contributed by atoms with E-state index in [2.05, 4.69) is 15.9 Å². The molecule has 1 heterocycles. The van der Waals surface area contributed by atoms with Gasteiger partial charge in [-0.15, -0.1) is 11.3 Å². The van der Waals surface area contributed by atoms with Gasteiger partial charge in [-0.3, -0.25) is 0 Å². The zero-order valence-electron chi connectivity index (χ0n) is 10.3. The minimum Gasteiger partial charge on any atom is -0.488 e. The summed E-state index contributed by atoms with van der Waals surface area (Å²) < 4.78 is 6.87. The second kappa shape index (κ2) is 5.87. The molecule has 2 nitrogen and oxygen atoms in total. The van der Waals surface area contributed by atoms with Crippen LogP contribution in [0.5, 0.6) is 5.75 Å². The molecule has 0 unspecified atom stereocenters. The van der Waals surface area contributed by atoms with Crippen molar-refractivity contribution in [3.63, 3.8) is 0 Å². The lowest BCUT2D eigenvalue weighted by Gasteiger charge is -2.14. The van der Waals surface area contributed by atoms with E-state index >= 15 is 0 Å². The fourth-order valence-electron chi connectivity index (χ4n) is 1.70. The van der Waals surface area contributed by atoms with Crippen molar-refractivity contribution in [3.05, 3.63) is 50.1 Å². The zero-order valence-corrected chi connectivity index (χ0v) is 12.7. The standard InChI is InChI=1S/C14H15BrO2S/c1-9-3-4-13(11(7-9)10(2)16)17-8-14-12(15)5-6-18-14/h3-7,10,16H,8H2,1-2H3/t10-/m0/s1. The van der Waals surface area contributed by atoms with Crippen LogP contribution in [0.15, 0.2) is 34.1 Å². The highest BCUT2D eigenvalue weighted by Gasteiger charge is 2.10. The predicted octanol–water partition coefficient (Wildman–Crippen LogP) is 4.45. The van der Waals surface area contributed by atoms with Crippen molar-refractivity contribution < 1.29 is 9.84 Å². The molecule has 0 saturated carbocycles. The van der Waals surface area contributed by atoms with Crippen LogP contribution in [0.1, 0.15) is 29.0 Å². The Balaban J connectivity index is 2.16. The summed E-state index contributed by atoms with van der Waals surface area (Å²) in [4.78, 5) is 1.15. The molecular formula is C14H15BrO2S. The first kappa shape index (κ1) is 13.6. The lowest BCUT2D eigenvalue weighted by atomic mass is 10.1. The number of thiophene rings is 1. The van der Waals surface area contributed by atoms with Crippen LogP contribution >= 0.6 is 27.3 Å². The van der Waals surface area contributed by atoms with E-state index in [4.69, 9.17) is 4.74 Å². The van der Waals surface area contributed by atoms with E-state index in [1.165, 1.54) is 0 Å². The number of benzene rings is 1. The molecule has 1 N–H and O–H groups in total. The molecule has 2 aromatic rings. The third-order valence-electron chi connectivity index (χ3n) is 2.67. The SMILES string of the molecule is Cc1ccc(OCc2sccc2Br)c([C@H](C)O)c1. The van der Waals surface area contributed by atoms with E-state index in [0.29, 0.717) is 6.61 Å². The molecule has 0 aliphatic carbocycles. The van der Waals surface area contributed by atoms with Gasteiger partial charge in [-0.05, 0) is 53.4 Å².